The van der Waals surface area contributed by atoms with Gasteiger partial charge in [-0.05, 0) is 109 Å². The zero-order valence-corrected chi connectivity index (χ0v) is 28.8. The number of nitrogens with one attached hydrogen (secondary N) is 1. The Hall–Kier alpha value is -5.58. The summed E-state index contributed by atoms with van der Waals surface area (Å²) in [5.41, 5.74) is 4.64. The first kappa shape index (κ1) is 33.9. The van der Waals surface area contributed by atoms with E-state index >= 15 is 0 Å². The van der Waals surface area contributed by atoms with Crippen LogP contribution in [0.5, 0.6) is 0 Å². The SMILES string of the molecule is CC(=O)Nc1ccc(N2C(=O)c3ccc(C(=O)OCC(=O)N4N=C5/C(=C\c6ccc(Cl)cc6)CCCC5C4c4ccc(Cl)cc4)cc3C2=O)cc1. The topological polar surface area (TPSA) is 125 Å². The number of allylic oxidation sites excluding steroid dienone is 1. The molecule has 7 rings (SSSR count). The molecule has 0 radical (unpaired) electrons. The standard InChI is InChI=1S/C39H30Cl2N4O6/c1-22(46)42-29-14-16-30(17-15-29)44-37(48)31-18-9-26(20-33(31)38(44)49)39(50)51-21-34(47)45-36(24-7-12-28(41)13-8-24)32-4-2-3-25(35(32)43-45)19-23-5-10-27(40)11-6-23/h5-20,32,36H,2-4,21H2,1H3,(H,42,46)/b25-19-. The van der Waals surface area contributed by atoms with Crippen LogP contribution < -0.4 is 10.2 Å². The van der Waals surface area contributed by atoms with Gasteiger partial charge in [0.25, 0.3) is 17.7 Å². The Balaban J connectivity index is 1.09. The van der Waals surface area contributed by atoms with Crippen LogP contribution in [0.3, 0.4) is 0 Å². The summed E-state index contributed by atoms with van der Waals surface area (Å²) in [6.07, 6.45) is 4.58. The van der Waals surface area contributed by atoms with E-state index in [0.717, 1.165) is 46.6 Å². The largest absolute Gasteiger partial charge is 0.452 e. The van der Waals surface area contributed by atoms with E-state index in [0.29, 0.717) is 21.4 Å². The number of rotatable bonds is 7. The fourth-order valence-electron chi connectivity index (χ4n) is 6.74. The van der Waals surface area contributed by atoms with Crippen molar-refractivity contribution in [2.75, 3.05) is 16.8 Å². The Morgan fingerprint density at radius 3 is 2.24 bits per heavy atom. The number of ether oxygens (including phenoxy) is 1. The summed E-state index contributed by atoms with van der Waals surface area (Å²) in [6, 6.07) is 24.7. The summed E-state index contributed by atoms with van der Waals surface area (Å²) in [5.74, 6) is -2.85. The van der Waals surface area contributed by atoms with Gasteiger partial charge in [0.2, 0.25) is 5.91 Å². The minimum atomic E-state index is -0.833. The van der Waals surface area contributed by atoms with E-state index in [-0.39, 0.29) is 28.5 Å². The van der Waals surface area contributed by atoms with Crippen molar-refractivity contribution in [2.45, 2.75) is 32.2 Å². The van der Waals surface area contributed by atoms with Crippen molar-refractivity contribution in [3.8, 4) is 0 Å². The van der Waals surface area contributed by atoms with Crippen LogP contribution >= 0.6 is 23.2 Å². The molecule has 2 heterocycles. The summed E-state index contributed by atoms with van der Waals surface area (Å²) in [6.45, 7) is 0.776. The first-order chi connectivity index (χ1) is 24.6. The van der Waals surface area contributed by atoms with Gasteiger partial charge in [-0.1, -0.05) is 47.5 Å². The van der Waals surface area contributed by atoms with Gasteiger partial charge in [-0.25, -0.2) is 14.7 Å². The van der Waals surface area contributed by atoms with Crippen LogP contribution in [0.2, 0.25) is 10.0 Å². The molecule has 0 spiro atoms. The van der Waals surface area contributed by atoms with Gasteiger partial charge in [0.1, 0.15) is 0 Å². The third-order valence-corrected chi connectivity index (χ3v) is 9.58. The number of nitrogens with zero attached hydrogens (tertiary/aromatic N) is 3. The number of hydrogen-bond acceptors (Lipinski definition) is 7. The highest BCUT2D eigenvalue weighted by molar-refractivity contribution is 6.35. The van der Waals surface area contributed by atoms with Crippen molar-refractivity contribution in [1.82, 2.24) is 5.01 Å². The lowest BCUT2D eigenvalue weighted by Gasteiger charge is -2.29. The van der Waals surface area contributed by atoms with E-state index in [4.69, 9.17) is 33.0 Å². The number of halogens is 2. The third kappa shape index (κ3) is 6.80. The number of fused-ring (bicyclic) bond motifs is 2. The molecule has 4 aromatic rings. The lowest BCUT2D eigenvalue weighted by molar-refractivity contribution is -0.137. The monoisotopic (exact) mass is 720 g/mol. The fraction of sp³-hybridized carbons (Fsp3) is 0.179. The van der Waals surface area contributed by atoms with Gasteiger partial charge < -0.3 is 10.1 Å². The molecule has 256 valence electrons. The van der Waals surface area contributed by atoms with E-state index in [1.54, 1.807) is 36.4 Å². The minimum absolute atomic E-state index is 0.00870. The molecule has 0 aromatic heterocycles. The molecule has 0 saturated heterocycles. The molecule has 10 nitrogen and oxygen atoms in total. The Bertz CT molecular complexity index is 2150. The second kappa shape index (κ2) is 14.0. The predicted octanol–water partition coefficient (Wildman–Crippen LogP) is 7.73. The number of amides is 4. The van der Waals surface area contributed by atoms with Gasteiger partial charge >= 0.3 is 5.97 Å². The molecule has 1 aliphatic carbocycles. The smallest absolute Gasteiger partial charge is 0.338 e. The van der Waals surface area contributed by atoms with Crippen molar-refractivity contribution in [1.29, 1.82) is 0 Å². The Morgan fingerprint density at radius 2 is 1.55 bits per heavy atom. The lowest BCUT2D eigenvalue weighted by Crippen LogP contribution is -2.34. The fourth-order valence-corrected chi connectivity index (χ4v) is 6.99. The van der Waals surface area contributed by atoms with Crippen LogP contribution in [-0.2, 0) is 14.3 Å². The highest BCUT2D eigenvalue weighted by Crippen LogP contribution is 2.44. The summed E-state index contributed by atoms with van der Waals surface area (Å²) < 4.78 is 5.48. The van der Waals surface area contributed by atoms with Gasteiger partial charge in [-0.15, -0.1) is 0 Å². The van der Waals surface area contributed by atoms with E-state index in [1.807, 2.05) is 36.4 Å². The molecular weight excluding hydrogens is 691 g/mol. The normalized spacial score (nSPS) is 18.7. The maximum atomic E-state index is 13.8. The number of imide groups is 1. The van der Waals surface area contributed by atoms with E-state index in [2.05, 4.69) is 11.4 Å². The van der Waals surface area contributed by atoms with Crippen molar-refractivity contribution >= 4 is 76.0 Å². The summed E-state index contributed by atoms with van der Waals surface area (Å²) >= 11 is 12.3. The Morgan fingerprint density at radius 1 is 0.882 bits per heavy atom. The van der Waals surface area contributed by atoms with Gasteiger partial charge in [-0.3, -0.25) is 19.2 Å². The van der Waals surface area contributed by atoms with E-state index in [9.17, 15) is 24.0 Å². The molecule has 3 aliphatic rings. The highest BCUT2D eigenvalue weighted by atomic mass is 35.5. The molecule has 12 heteroatoms. The van der Waals surface area contributed by atoms with Gasteiger partial charge in [0, 0.05) is 28.6 Å². The number of esters is 1. The molecule has 2 aliphatic heterocycles. The van der Waals surface area contributed by atoms with Crippen LogP contribution in [0, 0.1) is 5.92 Å². The maximum absolute atomic E-state index is 13.8. The minimum Gasteiger partial charge on any atom is -0.452 e. The Labute approximate surface area is 303 Å². The van der Waals surface area contributed by atoms with Crippen molar-refractivity contribution in [2.24, 2.45) is 11.0 Å². The number of carbonyl (C=O) groups is 5. The van der Waals surface area contributed by atoms with E-state index in [1.165, 1.54) is 30.1 Å². The van der Waals surface area contributed by atoms with Gasteiger partial charge in [0.05, 0.1) is 34.1 Å². The summed E-state index contributed by atoms with van der Waals surface area (Å²) in [5, 5.41) is 10.1. The van der Waals surface area contributed by atoms with Gasteiger partial charge in [0.15, 0.2) is 6.61 Å². The summed E-state index contributed by atoms with van der Waals surface area (Å²) in [7, 11) is 0. The molecule has 0 bridgehead atoms. The molecule has 51 heavy (non-hydrogen) atoms. The lowest BCUT2D eigenvalue weighted by atomic mass is 9.77. The second-order valence-corrected chi connectivity index (χ2v) is 13.3. The van der Waals surface area contributed by atoms with Crippen LogP contribution in [0.1, 0.15) is 74.4 Å². The number of benzene rings is 4. The van der Waals surface area contributed by atoms with Crippen molar-refractivity contribution in [3.63, 3.8) is 0 Å². The quantitative estimate of drug-likeness (QED) is 0.154. The third-order valence-electron chi connectivity index (χ3n) is 9.07. The zero-order valence-electron chi connectivity index (χ0n) is 27.3. The van der Waals surface area contributed by atoms with Crippen molar-refractivity contribution < 1.29 is 28.7 Å². The average Bonchev–Trinajstić information content (AvgIpc) is 3.63. The molecule has 1 N–H and O–H groups in total. The van der Waals surface area contributed by atoms with Crippen LogP contribution in [-0.4, -0.2) is 46.9 Å². The summed E-state index contributed by atoms with van der Waals surface area (Å²) in [4.78, 5) is 65.9. The number of carbonyl (C=O) groups excluding carboxylic acids is 5. The molecule has 4 amide bonds. The molecular formula is C39H30Cl2N4O6. The van der Waals surface area contributed by atoms with Crippen LogP contribution in [0.25, 0.3) is 6.08 Å². The van der Waals surface area contributed by atoms with Crippen LogP contribution in [0.15, 0.2) is 102 Å². The molecule has 2 unspecified atom stereocenters. The number of anilines is 2. The number of hydrazone groups is 1. The van der Waals surface area contributed by atoms with Crippen LogP contribution in [0.4, 0.5) is 11.4 Å². The number of hydrogen-bond donors (Lipinski definition) is 1. The van der Waals surface area contributed by atoms with Crippen molar-refractivity contribution in [3.05, 3.63) is 134 Å². The zero-order chi connectivity index (χ0) is 35.8. The predicted molar refractivity (Wildman–Crippen MR) is 194 cm³/mol. The molecule has 1 fully saturated rings. The first-order valence-corrected chi connectivity index (χ1v) is 17.0. The average molecular weight is 722 g/mol. The Kier molecular flexibility index (Phi) is 9.29. The molecule has 1 saturated carbocycles. The first-order valence-electron chi connectivity index (χ1n) is 16.3. The molecule has 2 atom stereocenters. The van der Waals surface area contributed by atoms with Gasteiger partial charge in [-0.2, -0.15) is 5.10 Å². The van der Waals surface area contributed by atoms with E-state index < -0.39 is 36.3 Å². The maximum Gasteiger partial charge on any atom is 0.338 e. The second-order valence-electron chi connectivity index (χ2n) is 12.5. The molecule has 4 aromatic carbocycles. The highest BCUT2D eigenvalue weighted by Gasteiger charge is 2.44.